The Hall–Kier alpha value is -2.85. The average molecular weight is 344 g/mol. The quantitative estimate of drug-likeness (QED) is 0.455. The van der Waals surface area contributed by atoms with Gasteiger partial charge < -0.3 is 20.7 Å². The number of hydrogen-bond donors (Lipinski definition) is 2. The molecule has 0 aromatic carbocycles. The molecule has 0 bridgehead atoms. The minimum atomic E-state index is -4.41. The third-order valence-corrected chi connectivity index (χ3v) is 3.13. The highest BCUT2D eigenvalue weighted by Crippen LogP contribution is 2.28. The lowest BCUT2D eigenvalue weighted by Gasteiger charge is -2.09. The summed E-state index contributed by atoms with van der Waals surface area (Å²) in [6, 6.07) is 2.20. The van der Waals surface area contributed by atoms with Crippen molar-refractivity contribution in [3.63, 3.8) is 0 Å². The molecule has 0 fully saturated rings. The van der Waals surface area contributed by atoms with Gasteiger partial charge in [0.05, 0.1) is 5.56 Å². The van der Waals surface area contributed by atoms with Gasteiger partial charge in [-0.2, -0.15) is 13.2 Å². The Bertz CT molecular complexity index is 699. The SMILES string of the molecule is Cn1cnc([N+](=O)[O-])c1NCCCNc1ccc(C(F)(F)F)cn1. The molecule has 0 amide bonds. The van der Waals surface area contributed by atoms with Crippen LogP contribution < -0.4 is 10.6 Å². The van der Waals surface area contributed by atoms with E-state index < -0.39 is 16.7 Å². The lowest BCUT2D eigenvalue weighted by molar-refractivity contribution is -0.388. The molecule has 130 valence electrons. The van der Waals surface area contributed by atoms with E-state index in [1.54, 1.807) is 7.05 Å². The highest BCUT2D eigenvalue weighted by Gasteiger charge is 2.30. The van der Waals surface area contributed by atoms with Gasteiger partial charge in [0.2, 0.25) is 12.1 Å². The number of nitro groups is 1. The predicted octanol–water partition coefficient (Wildman–Crippen LogP) is 2.66. The number of rotatable bonds is 7. The highest BCUT2D eigenvalue weighted by atomic mass is 19.4. The zero-order chi connectivity index (χ0) is 17.7. The van der Waals surface area contributed by atoms with E-state index in [1.807, 2.05) is 0 Å². The van der Waals surface area contributed by atoms with Crippen LogP contribution in [0.15, 0.2) is 24.7 Å². The zero-order valence-electron chi connectivity index (χ0n) is 12.7. The molecule has 0 spiro atoms. The van der Waals surface area contributed by atoms with Crippen molar-refractivity contribution < 1.29 is 18.1 Å². The molecule has 2 N–H and O–H groups in total. The third-order valence-electron chi connectivity index (χ3n) is 3.13. The molecule has 0 aliphatic rings. The number of alkyl halides is 3. The van der Waals surface area contributed by atoms with E-state index in [0.29, 0.717) is 31.1 Å². The second-order valence-electron chi connectivity index (χ2n) is 4.92. The number of halogens is 3. The number of hydrogen-bond acceptors (Lipinski definition) is 6. The maximum Gasteiger partial charge on any atom is 0.417 e. The van der Waals surface area contributed by atoms with Crippen molar-refractivity contribution in [3.8, 4) is 0 Å². The molecule has 2 heterocycles. The normalized spacial score (nSPS) is 11.3. The Morgan fingerprint density at radius 1 is 1.25 bits per heavy atom. The Morgan fingerprint density at radius 3 is 2.54 bits per heavy atom. The fraction of sp³-hybridized carbons (Fsp3) is 0.385. The van der Waals surface area contributed by atoms with Crippen LogP contribution in [-0.2, 0) is 13.2 Å². The molecule has 2 aromatic heterocycles. The van der Waals surface area contributed by atoms with E-state index in [9.17, 15) is 23.3 Å². The van der Waals surface area contributed by atoms with Crippen molar-refractivity contribution in [2.45, 2.75) is 12.6 Å². The van der Waals surface area contributed by atoms with Crippen LogP contribution in [0.5, 0.6) is 0 Å². The van der Waals surface area contributed by atoms with Crippen LogP contribution in [-0.4, -0.2) is 32.5 Å². The first kappa shape index (κ1) is 17.5. The van der Waals surface area contributed by atoms with Crippen molar-refractivity contribution >= 4 is 17.5 Å². The van der Waals surface area contributed by atoms with Gasteiger partial charge in [0.25, 0.3) is 0 Å². The van der Waals surface area contributed by atoms with Crippen molar-refractivity contribution in [1.82, 2.24) is 14.5 Å². The van der Waals surface area contributed by atoms with Crippen LogP contribution in [0, 0.1) is 10.1 Å². The number of nitrogens with zero attached hydrogens (tertiary/aromatic N) is 4. The summed E-state index contributed by atoms with van der Waals surface area (Å²) < 4.78 is 38.7. The highest BCUT2D eigenvalue weighted by molar-refractivity contribution is 5.51. The number of pyridine rings is 1. The standard InChI is InChI=1S/C13H15F3N6O2/c1-21-8-20-12(22(23)24)11(21)18-6-2-5-17-10-4-3-9(7-19-10)13(14,15)16/h3-4,7-8,18H,2,5-6H2,1H3,(H,17,19). The second kappa shape index (κ2) is 7.15. The zero-order valence-corrected chi connectivity index (χ0v) is 12.7. The smallest absolute Gasteiger partial charge is 0.370 e. The third kappa shape index (κ3) is 4.33. The molecule has 0 atom stereocenters. The molecule has 0 saturated heterocycles. The van der Waals surface area contributed by atoms with Crippen molar-refractivity contribution in [2.75, 3.05) is 23.7 Å². The minimum Gasteiger partial charge on any atom is -0.370 e. The summed E-state index contributed by atoms with van der Waals surface area (Å²) in [4.78, 5) is 17.6. The molecular formula is C13H15F3N6O2. The first-order valence-corrected chi connectivity index (χ1v) is 6.95. The van der Waals surface area contributed by atoms with E-state index in [-0.39, 0.29) is 5.82 Å². The molecule has 24 heavy (non-hydrogen) atoms. The summed E-state index contributed by atoms with van der Waals surface area (Å²) in [6.45, 7) is 0.866. The van der Waals surface area contributed by atoms with Crippen LogP contribution in [0.3, 0.4) is 0 Å². The fourth-order valence-corrected chi connectivity index (χ4v) is 1.93. The van der Waals surface area contributed by atoms with Crippen LogP contribution in [0.25, 0.3) is 0 Å². The average Bonchev–Trinajstić information content (AvgIpc) is 2.88. The van der Waals surface area contributed by atoms with Gasteiger partial charge in [0, 0.05) is 26.3 Å². The molecule has 2 aromatic rings. The lowest BCUT2D eigenvalue weighted by atomic mass is 10.3. The van der Waals surface area contributed by atoms with E-state index in [1.165, 1.54) is 17.0 Å². The second-order valence-corrected chi connectivity index (χ2v) is 4.92. The molecular weight excluding hydrogens is 329 g/mol. The van der Waals surface area contributed by atoms with E-state index in [4.69, 9.17) is 0 Å². The van der Waals surface area contributed by atoms with Gasteiger partial charge in [-0.1, -0.05) is 0 Å². The van der Waals surface area contributed by atoms with E-state index >= 15 is 0 Å². The van der Waals surface area contributed by atoms with Gasteiger partial charge in [-0.3, -0.25) is 4.57 Å². The van der Waals surface area contributed by atoms with Gasteiger partial charge in [-0.15, -0.1) is 0 Å². The van der Waals surface area contributed by atoms with Gasteiger partial charge in [-0.25, -0.2) is 4.98 Å². The Balaban J connectivity index is 1.78. The maximum absolute atomic E-state index is 12.4. The van der Waals surface area contributed by atoms with Crippen molar-refractivity contribution in [3.05, 3.63) is 40.3 Å². The summed E-state index contributed by atoms with van der Waals surface area (Å²) in [5.41, 5.74) is -0.807. The maximum atomic E-state index is 12.4. The number of anilines is 2. The Labute approximate surface area is 134 Å². The van der Waals surface area contributed by atoms with Crippen molar-refractivity contribution in [1.29, 1.82) is 0 Å². The summed E-state index contributed by atoms with van der Waals surface area (Å²) in [6.07, 6.45) is -1.73. The van der Waals surface area contributed by atoms with Crippen LogP contribution in [0.2, 0.25) is 0 Å². The first-order valence-electron chi connectivity index (χ1n) is 6.95. The summed E-state index contributed by atoms with van der Waals surface area (Å²) in [5.74, 6) is 0.372. The number of nitrogens with one attached hydrogen (secondary N) is 2. The number of aryl methyl sites for hydroxylation is 1. The van der Waals surface area contributed by atoms with Gasteiger partial charge in [0.1, 0.15) is 5.82 Å². The molecule has 2 rings (SSSR count). The monoisotopic (exact) mass is 344 g/mol. The molecule has 0 aliphatic carbocycles. The largest absolute Gasteiger partial charge is 0.417 e. The topological polar surface area (TPSA) is 97.9 Å². The summed E-state index contributed by atoms with van der Waals surface area (Å²) in [7, 11) is 1.63. The molecule has 0 aliphatic heterocycles. The van der Waals surface area contributed by atoms with Crippen LogP contribution in [0.4, 0.5) is 30.6 Å². The number of imidazole rings is 1. The number of aromatic nitrogens is 3. The summed E-state index contributed by atoms with van der Waals surface area (Å²) in [5, 5.41) is 16.6. The molecule has 0 unspecified atom stereocenters. The lowest BCUT2D eigenvalue weighted by Crippen LogP contribution is -2.12. The van der Waals surface area contributed by atoms with Gasteiger partial charge in [-0.05, 0) is 28.5 Å². The van der Waals surface area contributed by atoms with Crippen molar-refractivity contribution in [2.24, 2.45) is 7.05 Å². The predicted molar refractivity (Wildman–Crippen MR) is 80.7 cm³/mol. The minimum absolute atomic E-state index is 0.255. The van der Waals surface area contributed by atoms with Crippen LogP contribution >= 0.6 is 0 Å². The Kier molecular flexibility index (Phi) is 5.21. The fourth-order valence-electron chi connectivity index (χ4n) is 1.93. The summed E-state index contributed by atoms with van der Waals surface area (Å²) >= 11 is 0. The molecule has 0 radical (unpaired) electrons. The Morgan fingerprint density at radius 2 is 1.96 bits per heavy atom. The van der Waals surface area contributed by atoms with E-state index in [0.717, 1.165) is 12.3 Å². The molecule has 0 saturated carbocycles. The van der Waals surface area contributed by atoms with Gasteiger partial charge in [0.15, 0.2) is 0 Å². The van der Waals surface area contributed by atoms with Crippen LogP contribution in [0.1, 0.15) is 12.0 Å². The van der Waals surface area contributed by atoms with Gasteiger partial charge >= 0.3 is 12.0 Å². The first-order chi connectivity index (χ1) is 11.3. The molecule has 11 heteroatoms. The van der Waals surface area contributed by atoms with E-state index in [2.05, 4.69) is 20.6 Å². The molecule has 8 nitrogen and oxygen atoms in total.